The van der Waals surface area contributed by atoms with Crippen molar-refractivity contribution in [1.82, 2.24) is 14.3 Å². The highest BCUT2D eigenvalue weighted by molar-refractivity contribution is 7.89. The standard InChI is InChI=1S/C21H23FN6O2S/c22-15-1-3-17(4-2-15)25-20-9-12-24-21(27-20)26-18-5-7-19(8-6-18)31(29,30)28-13-10-16(23)11-14-28/h1-9,12,16H,10-11,13-14,23H2,(H2,24,25,26,27). The molecule has 0 amide bonds. The highest BCUT2D eigenvalue weighted by Gasteiger charge is 2.28. The van der Waals surface area contributed by atoms with Gasteiger partial charge in [-0.3, -0.25) is 0 Å². The fourth-order valence-corrected chi connectivity index (χ4v) is 4.74. The van der Waals surface area contributed by atoms with E-state index >= 15 is 0 Å². The van der Waals surface area contributed by atoms with Crippen LogP contribution in [0.1, 0.15) is 12.8 Å². The number of nitrogens with zero attached hydrogens (tertiary/aromatic N) is 3. The molecule has 1 saturated heterocycles. The van der Waals surface area contributed by atoms with Gasteiger partial charge >= 0.3 is 0 Å². The van der Waals surface area contributed by atoms with E-state index in [1.165, 1.54) is 16.4 Å². The molecule has 1 aromatic heterocycles. The van der Waals surface area contributed by atoms with Crippen LogP contribution < -0.4 is 16.4 Å². The minimum atomic E-state index is -3.54. The Hall–Kier alpha value is -3.08. The van der Waals surface area contributed by atoms with Crippen LogP contribution in [0, 0.1) is 5.82 Å². The lowest BCUT2D eigenvalue weighted by Gasteiger charge is -2.29. The number of rotatable bonds is 6. The third-order valence-electron chi connectivity index (χ3n) is 5.02. The number of halogens is 1. The first-order valence-electron chi connectivity index (χ1n) is 9.89. The summed E-state index contributed by atoms with van der Waals surface area (Å²) >= 11 is 0. The average Bonchev–Trinajstić information content (AvgIpc) is 2.76. The number of piperidine rings is 1. The Kier molecular flexibility index (Phi) is 6.12. The maximum Gasteiger partial charge on any atom is 0.243 e. The SMILES string of the molecule is NC1CCN(S(=O)(=O)c2ccc(Nc3nccc(Nc4ccc(F)cc4)n3)cc2)CC1. The second-order valence-electron chi connectivity index (χ2n) is 7.29. The smallest absolute Gasteiger partial charge is 0.243 e. The van der Waals surface area contributed by atoms with Crippen molar-refractivity contribution < 1.29 is 12.8 Å². The first kappa shape index (κ1) is 21.2. The lowest BCUT2D eigenvalue weighted by atomic mass is 10.1. The summed E-state index contributed by atoms with van der Waals surface area (Å²) in [4.78, 5) is 8.79. The summed E-state index contributed by atoms with van der Waals surface area (Å²) in [6.45, 7) is 0.871. The van der Waals surface area contributed by atoms with Crippen LogP contribution in [0.5, 0.6) is 0 Å². The predicted molar refractivity (Wildman–Crippen MR) is 117 cm³/mol. The molecule has 0 saturated carbocycles. The van der Waals surface area contributed by atoms with Gasteiger partial charge in [0.2, 0.25) is 16.0 Å². The lowest BCUT2D eigenvalue weighted by molar-refractivity contribution is 0.320. The van der Waals surface area contributed by atoms with Crippen LogP contribution in [0.15, 0.2) is 65.7 Å². The zero-order chi connectivity index (χ0) is 21.8. The third kappa shape index (κ3) is 5.16. The molecule has 1 aliphatic rings. The van der Waals surface area contributed by atoms with Crippen molar-refractivity contribution in [1.29, 1.82) is 0 Å². The van der Waals surface area contributed by atoms with Crippen LogP contribution in [0.2, 0.25) is 0 Å². The van der Waals surface area contributed by atoms with E-state index in [1.54, 1.807) is 48.7 Å². The molecular weight excluding hydrogens is 419 g/mol. The van der Waals surface area contributed by atoms with Crippen molar-refractivity contribution in [3.8, 4) is 0 Å². The summed E-state index contributed by atoms with van der Waals surface area (Å²) in [5, 5.41) is 6.13. The normalized spacial score (nSPS) is 15.5. The Morgan fingerprint density at radius 2 is 1.55 bits per heavy atom. The van der Waals surface area contributed by atoms with Gasteiger partial charge in [0.15, 0.2) is 0 Å². The molecule has 0 aliphatic carbocycles. The van der Waals surface area contributed by atoms with Crippen LogP contribution in [-0.4, -0.2) is 41.8 Å². The van der Waals surface area contributed by atoms with Crippen molar-refractivity contribution in [2.45, 2.75) is 23.8 Å². The van der Waals surface area contributed by atoms with Crippen LogP contribution >= 0.6 is 0 Å². The molecular formula is C21H23FN6O2S. The van der Waals surface area contributed by atoms with Gasteiger partial charge in [-0.2, -0.15) is 9.29 Å². The molecule has 0 spiro atoms. The van der Waals surface area contributed by atoms with E-state index in [9.17, 15) is 12.8 Å². The van der Waals surface area contributed by atoms with Gasteiger partial charge < -0.3 is 16.4 Å². The Labute approximate surface area is 180 Å². The number of nitrogens with two attached hydrogens (primary N) is 1. The highest BCUT2D eigenvalue weighted by Crippen LogP contribution is 2.23. The van der Waals surface area contributed by atoms with Gasteiger partial charge in [0.25, 0.3) is 0 Å². The summed E-state index contributed by atoms with van der Waals surface area (Å²) in [6.07, 6.45) is 2.91. The number of sulfonamides is 1. The zero-order valence-electron chi connectivity index (χ0n) is 16.7. The summed E-state index contributed by atoms with van der Waals surface area (Å²) in [5.41, 5.74) is 7.22. The zero-order valence-corrected chi connectivity index (χ0v) is 17.5. The summed E-state index contributed by atoms with van der Waals surface area (Å²) in [7, 11) is -3.54. The lowest BCUT2D eigenvalue weighted by Crippen LogP contribution is -2.42. The maximum absolute atomic E-state index is 13.0. The minimum Gasteiger partial charge on any atom is -0.340 e. The fraction of sp³-hybridized carbons (Fsp3) is 0.238. The molecule has 10 heteroatoms. The van der Waals surface area contributed by atoms with Crippen LogP contribution in [-0.2, 0) is 10.0 Å². The molecule has 0 unspecified atom stereocenters. The molecule has 0 bridgehead atoms. The molecule has 2 aromatic carbocycles. The van der Waals surface area contributed by atoms with Gasteiger partial charge in [-0.25, -0.2) is 17.8 Å². The van der Waals surface area contributed by atoms with E-state index in [0.29, 0.717) is 49.1 Å². The Balaban J connectivity index is 1.44. The second kappa shape index (κ2) is 8.96. The van der Waals surface area contributed by atoms with Gasteiger partial charge in [0.05, 0.1) is 4.90 Å². The van der Waals surface area contributed by atoms with Crippen molar-refractivity contribution in [3.05, 3.63) is 66.6 Å². The first-order valence-corrected chi connectivity index (χ1v) is 11.3. The van der Waals surface area contributed by atoms with Crippen molar-refractivity contribution in [2.75, 3.05) is 23.7 Å². The second-order valence-corrected chi connectivity index (χ2v) is 9.23. The number of hydrogen-bond acceptors (Lipinski definition) is 7. The van der Waals surface area contributed by atoms with Crippen molar-refractivity contribution in [2.24, 2.45) is 5.73 Å². The molecule has 1 aliphatic heterocycles. The average molecular weight is 443 g/mol. The number of hydrogen-bond donors (Lipinski definition) is 3. The Bertz CT molecular complexity index is 1130. The van der Waals surface area contributed by atoms with Crippen LogP contribution in [0.4, 0.5) is 27.5 Å². The van der Waals surface area contributed by atoms with Gasteiger partial charge in [0.1, 0.15) is 11.6 Å². The number of aromatic nitrogens is 2. The predicted octanol–water partition coefficient (Wildman–Crippen LogP) is 3.21. The molecule has 4 rings (SSSR count). The fourth-order valence-electron chi connectivity index (χ4n) is 3.27. The van der Waals surface area contributed by atoms with Crippen molar-refractivity contribution in [3.63, 3.8) is 0 Å². The van der Waals surface area contributed by atoms with Gasteiger partial charge in [0, 0.05) is 36.7 Å². The summed E-state index contributed by atoms with van der Waals surface area (Å²) < 4.78 is 40.1. The quantitative estimate of drug-likeness (QED) is 0.537. The molecule has 0 atom stereocenters. The van der Waals surface area contributed by atoms with E-state index in [0.717, 1.165) is 0 Å². The monoisotopic (exact) mass is 442 g/mol. The summed E-state index contributed by atoms with van der Waals surface area (Å²) in [6, 6.07) is 14.2. The maximum atomic E-state index is 13.0. The molecule has 162 valence electrons. The van der Waals surface area contributed by atoms with E-state index in [-0.39, 0.29) is 16.8 Å². The molecule has 1 fully saturated rings. The van der Waals surface area contributed by atoms with Crippen LogP contribution in [0.25, 0.3) is 0 Å². The first-order chi connectivity index (χ1) is 14.9. The molecule has 0 radical (unpaired) electrons. The molecule has 3 aromatic rings. The highest BCUT2D eigenvalue weighted by atomic mass is 32.2. The molecule has 8 nitrogen and oxygen atoms in total. The third-order valence-corrected chi connectivity index (χ3v) is 6.93. The number of anilines is 4. The molecule has 2 heterocycles. The van der Waals surface area contributed by atoms with E-state index in [1.807, 2.05) is 0 Å². The largest absolute Gasteiger partial charge is 0.340 e. The van der Waals surface area contributed by atoms with E-state index in [4.69, 9.17) is 5.73 Å². The van der Waals surface area contributed by atoms with Crippen LogP contribution in [0.3, 0.4) is 0 Å². The van der Waals surface area contributed by atoms with Crippen molar-refractivity contribution >= 4 is 33.2 Å². The van der Waals surface area contributed by atoms with Gasteiger partial charge in [-0.1, -0.05) is 0 Å². The van der Waals surface area contributed by atoms with Gasteiger partial charge in [-0.05, 0) is 67.4 Å². The van der Waals surface area contributed by atoms with Gasteiger partial charge in [-0.15, -0.1) is 0 Å². The number of nitrogens with one attached hydrogen (secondary N) is 2. The molecule has 4 N–H and O–H groups in total. The Morgan fingerprint density at radius 1 is 0.935 bits per heavy atom. The van der Waals surface area contributed by atoms with E-state index in [2.05, 4.69) is 20.6 Å². The number of benzene rings is 2. The minimum absolute atomic E-state index is 0.0614. The summed E-state index contributed by atoms with van der Waals surface area (Å²) in [5.74, 6) is 0.560. The Morgan fingerprint density at radius 3 is 2.23 bits per heavy atom. The van der Waals surface area contributed by atoms with E-state index < -0.39 is 10.0 Å². The topological polar surface area (TPSA) is 113 Å². The molecule has 31 heavy (non-hydrogen) atoms.